The summed E-state index contributed by atoms with van der Waals surface area (Å²) in [5.41, 5.74) is 1.25. The normalized spacial score (nSPS) is 16.7. The van der Waals surface area contributed by atoms with E-state index < -0.39 is 0 Å². The molecule has 0 radical (unpaired) electrons. The number of benzene rings is 1. The Morgan fingerprint density at radius 3 is 2.71 bits per heavy atom. The third-order valence-electron chi connectivity index (χ3n) is 3.90. The van der Waals surface area contributed by atoms with Crippen molar-refractivity contribution in [1.29, 1.82) is 0 Å². The van der Waals surface area contributed by atoms with Crippen LogP contribution in [0.15, 0.2) is 30.5 Å². The van der Waals surface area contributed by atoms with E-state index in [1.165, 1.54) is 10.9 Å². The van der Waals surface area contributed by atoms with Gasteiger partial charge in [-0.15, -0.1) is 0 Å². The minimum atomic E-state index is 0.201. The first kappa shape index (κ1) is 14.4. The maximum absolute atomic E-state index is 5.89. The van der Waals surface area contributed by atoms with Gasteiger partial charge in [0.25, 0.3) is 0 Å². The Balaban J connectivity index is 1.73. The molecule has 0 N–H and O–H groups in total. The zero-order chi connectivity index (χ0) is 14.7. The van der Waals surface area contributed by atoms with Crippen LogP contribution in [0.4, 0.5) is 0 Å². The number of fused-ring (bicyclic) bond motifs is 1. The Kier molecular flexibility index (Phi) is 4.46. The summed E-state index contributed by atoms with van der Waals surface area (Å²) >= 11 is 0. The van der Waals surface area contributed by atoms with Gasteiger partial charge < -0.3 is 14.0 Å². The van der Waals surface area contributed by atoms with Gasteiger partial charge in [-0.3, -0.25) is 4.90 Å². The molecule has 0 aliphatic carbocycles. The zero-order valence-electron chi connectivity index (χ0n) is 12.9. The fraction of sp³-hybridized carbons (Fsp3) is 0.529. The molecule has 1 aromatic carbocycles. The van der Waals surface area contributed by atoms with E-state index in [1.54, 1.807) is 0 Å². The van der Waals surface area contributed by atoms with Gasteiger partial charge in [-0.05, 0) is 32.0 Å². The summed E-state index contributed by atoms with van der Waals surface area (Å²) in [6.45, 7) is 10.0. The summed E-state index contributed by atoms with van der Waals surface area (Å²) in [7, 11) is 0. The van der Waals surface area contributed by atoms with Crippen molar-refractivity contribution in [1.82, 2.24) is 9.47 Å². The summed E-state index contributed by atoms with van der Waals surface area (Å²) < 4.78 is 13.6. The fourth-order valence-electron chi connectivity index (χ4n) is 2.82. The van der Waals surface area contributed by atoms with Crippen LogP contribution in [0, 0.1) is 0 Å². The standard InChI is InChI=1S/C17H24N2O2/c1-14(2)21-17-5-3-4-16-15(17)6-7-19(16)9-8-18-10-12-20-13-11-18/h3-7,14H,8-13H2,1-2H3. The van der Waals surface area contributed by atoms with Gasteiger partial charge in [0.05, 0.1) is 24.8 Å². The van der Waals surface area contributed by atoms with E-state index in [4.69, 9.17) is 9.47 Å². The van der Waals surface area contributed by atoms with Gasteiger partial charge in [-0.1, -0.05) is 6.07 Å². The molecular formula is C17H24N2O2. The molecule has 1 fully saturated rings. The average Bonchev–Trinajstić information content (AvgIpc) is 2.90. The Morgan fingerprint density at radius 1 is 1.14 bits per heavy atom. The van der Waals surface area contributed by atoms with Gasteiger partial charge in [0.1, 0.15) is 5.75 Å². The first-order valence-corrected chi connectivity index (χ1v) is 7.78. The number of rotatable bonds is 5. The molecule has 0 amide bonds. The highest BCUT2D eigenvalue weighted by Crippen LogP contribution is 2.27. The van der Waals surface area contributed by atoms with Crippen LogP contribution in [-0.2, 0) is 11.3 Å². The summed E-state index contributed by atoms with van der Waals surface area (Å²) in [5.74, 6) is 0.979. The summed E-state index contributed by atoms with van der Waals surface area (Å²) in [6, 6.07) is 8.45. The van der Waals surface area contributed by atoms with Gasteiger partial charge in [0, 0.05) is 37.8 Å². The molecule has 114 valence electrons. The molecule has 0 spiro atoms. The Bertz CT molecular complexity index is 585. The van der Waals surface area contributed by atoms with Crippen molar-refractivity contribution in [3.05, 3.63) is 30.5 Å². The summed E-state index contributed by atoms with van der Waals surface area (Å²) in [6.07, 6.45) is 2.37. The molecule has 1 saturated heterocycles. The van der Waals surface area contributed by atoms with Gasteiger partial charge in [0.2, 0.25) is 0 Å². The van der Waals surface area contributed by atoms with Crippen LogP contribution in [-0.4, -0.2) is 48.4 Å². The molecule has 1 aromatic heterocycles. The van der Waals surface area contributed by atoms with Crippen molar-refractivity contribution in [2.24, 2.45) is 0 Å². The first-order valence-electron chi connectivity index (χ1n) is 7.78. The molecule has 3 rings (SSSR count). The zero-order valence-corrected chi connectivity index (χ0v) is 12.9. The molecule has 4 heteroatoms. The SMILES string of the molecule is CC(C)Oc1cccc2c1ccn2CCN1CCOCC1. The molecule has 0 saturated carbocycles. The van der Waals surface area contributed by atoms with Gasteiger partial charge in [-0.25, -0.2) is 0 Å². The number of nitrogens with zero attached hydrogens (tertiary/aromatic N) is 2. The van der Waals surface area contributed by atoms with Crippen LogP contribution < -0.4 is 4.74 Å². The number of hydrogen-bond acceptors (Lipinski definition) is 3. The van der Waals surface area contributed by atoms with E-state index in [1.807, 2.05) is 0 Å². The smallest absolute Gasteiger partial charge is 0.129 e. The lowest BCUT2D eigenvalue weighted by molar-refractivity contribution is 0.0365. The van der Waals surface area contributed by atoms with Crippen molar-refractivity contribution in [2.75, 3.05) is 32.8 Å². The Labute approximate surface area is 126 Å². The highest BCUT2D eigenvalue weighted by atomic mass is 16.5. The summed E-state index contributed by atoms with van der Waals surface area (Å²) in [4.78, 5) is 2.46. The first-order chi connectivity index (χ1) is 10.2. The lowest BCUT2D eigenvalue weighted by Gasteiger charge is -2.26. The maximum Gasteiger partial charge on any atom is 0.129 e. The van der Waals surface area contributed by atoms with Gasteiger partial charge >= 0.3 is 0 Å². The van der Waals surface area contributed by atoms with E-state index in [-0.39, 0.29) is 6.10 Å². The van der Waals surface area contributed by atoms with Gasteiger partial charge in [-0.2, -0.15) is 0 Å². The molecule has 1 aliphatic heterocycles. The van der Waals surface area contributed by atoms with Crippen molar-refractivity contribution < 1.29 is 9.47 Å². The third kappa shape index (κ3) is 3.39. The van der Waals surface area contributed by atoms with Crippen LogP contribution in [0.5, 0.6) is 5.75 Å². The van der Waals surface area contributed by atoms with E-state index in [0.717, 1.165) is 45.1 Å². The molecule has 2 aromatic rings. The number of ether oxygens (including phenoxy) is 2. The topological polar surface area (TPSA) is 26.6 Å². The average molecular weight is 288 g/mol. The molecule has 2 heterocycles. The monoisotopic (exact) mass is 288 g/mol. The summed E-state index contributed by atoms with van der Waals surface area (Å²) in [5, 5.41) is 1.20. The largest absolute Gasteiger partial charge is 0.490 e. The molecular weight excluding hydrogens is 264 g/mol. The second-order valence-corrected chi connectivity index (χ2v) is 5.82. The predicted molar refractivity (Wildman–Crippen MR) is 85.0 cm³/mol. The Hall–Kier alpha value is -1.52. The third-order valence-corrected chi connectivity index (χ3v) is 3.90. The molecule has 1 aliphatic rings. The van der Waals surface area contributed by atoms with Crippen LogP contribution in [0.25, 0.3) is 10.9 Å². The van der Waals surface area contributed by atoms with Gasteiger partial charge in [0.15, 0.2) is 0 Å². The second-order valence-electron chi connectivity index (χ2n) is 5.82. The lowest BCUT2D eigenvalue weighted by Crippen LogP contribution is -2.38. The molecule has 0 unspecified atom stereocenters. The second kappa shape index (κ2) is 6.50. The predicted octanol–water partition coefficient (Wildman–Crippen LogP) is 2.76. The Morgan fingerprint density at radius 2 is 1.95 bits per heavy atom. The van der Waals surface area contributed by atoms with Crippen LogP contribution in [0.2, 0.25) is 0 Å². The quantitative estimate of drug-likeness (QED) is 0.846. The molecule has 21 heavy (non-hydrogen) atoms. The van der Waals surface area contributed by atoms with Crippen LogP contribution in [0.1, 0.15) is 13.8 Å². The highest BCUT2D eigenvalue weighted by molar-refractivity contribution is 5.86. The minimum Gasteiger partial charge on any atom is -0.490 e. The van der Waals surface area contributed by atoms with E-state index in [9.17, 15) is 0 Å². The van der Waals surface area contributed by atoms with E-state index >= 15 is 0 Å². The van der Waals surface area contributed by atoms with Crippen molar-refractivity contribution in [3.8, 4) is 5.75 Å². The van der Waals surface area contributed by atoms with E-state index in [2.05, 4.69) is 53.8 Å². The molecule has 0 bridgehead atoms. The minimum absolute atomic E-state index is 0.201. The van der Waals surface area contributed by atoms with Crippen molar-refractivity contribution >= 4 is 10.9 Å². The molecule has 0 atom stereocenters. The number of hydrogen-bond donors (Lipinski definition) is 0. The van der Waals surface area contributed by atoms with Crippen LogP contribution >= 0.6 is 0 Å². The van der Waals surface area contributed by atoms with Crippen molar-refractivity contribution in [2.45, 2.75) is 26.5 Å². The fourth-order valence-corrected chi connectivity index (χ4v) is 2.82. The lowest BCUT2D eigenvalue weighted by atomic mass is 10.2. The molecule has 4 nitrogen and oxygen atoms in total. The van der Waals surface area contributed by atoms with E-state index in [0.29, 0.717) is 0 Å². The van der Waals surface area contributed by atoms with Crippen molar-refractivity contribution in [3.63, 3.8) is 0 Å². The number of morpholine rings is 1. The van der Waals surface area contributed by atoms with Crippen LogP contribution in [0.3, 0.4) is 0 Å². The number of aromatic nitrogens is 1. The highest BCUT2D eigenvalue weighted by Gasteiger charge is 2.12. The maximum atomic E-state index is 5.89.